The fraction of sp³-hybridized carbons (Fsp3) is 0.211. The van der Waals surface area contributed by atoms with Crippen molar-refractivity contribution in [2.75, 3.05) is 24.9 Å². The van der Waals surface area contributed by atoms with Gasteiger partial charge in [0.25, 0.3) is 5.91 Å². The number of aromatic nitrogens is 4. The highest BCUT2D eigenvalue weighted by atomic mass is 16.5. The van der Waals surface area contributed by atoms with E-state index in [0.29, 0.717) is 22.8 Å². The lowest BCUT2D eigenvalue weighted by molar-refractivity contribution is 0.0953. The summed E-state index contributed by atoms with van der Waals surface area (Å²) >= 11 is 0. The van der Waals surface area contributed by atoms with E-state index in [0.717, 1.165) is 0 Å². The molecule has 2 amide bonds. The van der Waals surface area contributed by atoms with Gasteiger partial charge >= 0.3 is 6.09 Å². The average Bonchev–Trinajstić information content (AvgIpc) is 3.18. The number of amides is 2. The maximum absolute atomic E-state index is 12.7. The van der Waals surface area contributed by atoms with Crippen LogP contribution in [-0.2, 0) is 11.8 Å². The molecule has 0 bridgehead atoms. The van der Waals surface area contributed by atoms with Crippen LogP contribution in [0.1, 0.15) is 10.4 Å². The topological polar surface area (TPSA) is 132 Å². The highest BCUT2D eigenvalue weighted by Crippen LogP contribution is 2.37. The average molecular weight is 441 g/mol. The number of para-hydroxylation sites is 1. The summed E-state index contributed by atoms with van der Waals surface area (Å²) in [6, 6.07) is 6.69. The molecule has 0 aliphatic rings. The van der Waals surface area contributed by atoms with Crippen LogP contribution in [0.15, 0.2) is 36.8 Å². The number of benzene rings is 1. The van der Waals surface area contributed by atoms with E-state index in [1.165, 1.54) is 26.5 Å². The van der Waals surface area contributed by atoms with Gasteiger partial charge in [-0.1, -0.05) is 11.3 Å². The van der Waals surface area contributed by atoms with Crippen LogP contribution >= 0.6 is 0 Å². The molecule has 14 heteroatoms. The molecule has 0 unspecified atom stereocenters. The molecule has 0 saturated carbocycles. The Morgan fingerprint density at radius 2 is 1.88 bits per heavy atom. The van der Waals surface area contributed by atoms with Crippen molar-refractivity contribution in [1.82, 2.24) is 25.1 Å². The minimum Gasteiger partial charge on any atom is -0.494 e. The maximum atomic E-state index is 12.7. The minimum atomic E-state index is -1.96. The molecule has 0 aliphatic carbocycles. The summed E-state index contributed by atoms with van der Waals surface area (Å²) in [6.07, 6.45) is 2.03. The van der Waals surface area contributed by atoms with Gasteiger partial charge in [0, 0.05) is 19.3 Å². The highest BCUT2D eigenvalue weighted by Gasteiger charge is 2.21. The Bertz CT molecular complexity index is 1180. The molecule has 0 saturated heterocycles. The first-order valence-electron chi connectivity index (χ1n) is 9.45. The van der Waals surface area contributed by atoms with Crippen LogP contribution in [0.5, 0.6) is 5.75 Å². The monoisotopic (exact) mass is 441 g/mol. The van der Waals surface area contributed by atoms with Crippen molar-refractivity contribution in [2.24, 2.45) is 7.05 Å². The van der Waals surface area contributed by atoms with Crippen LogP contribution in [0.4, 0.5) is 22.0 Å². The summed E-state index contributed by atoms with van der Waals surface area (Å²) < 4.78 is 11.7. The molecule has 1 aromatic carbocycles. The molecule has 0 atom stereocenters. The molecule has 0 spiro atoms. The summed E-state index contributed by atoms with van der Waals surface area (Å²) in [5, 5.41) is 10.1. The first-order valence-corrected chi connectivity index (χ1v) is 9.45. The van der Waals surface area contributed by atoms with E-state index in [2.05, 4.69) is 35.8 Å². The van der Waals surface area contributed by atoms with Crippen LogP contribution in [0.2, 0.25) is 0 Å². The van der Waals surface area contributed by atoms with Crippen LogP contribution < -0.4 is 20.7 Å². The van der Waals surface area contributed by atoms with E-state index in [1.807, 2.05) is 0 Å². The Labute approximate surface area is 193 Å². The molecule has 162 valence electrons. The first kappa shape index (κ1) is 23.7. The predicted octanol–water partition coefficient (Wildman–Crippen LogP) is 0.654. The zero-order chi connectivity index (χ0) is 24.2. The van der Waals surface area contributed by atoms with Gasteiger partial charge in [-0.25, -0.2) is 14.8 Å². The normalized spacial score (nSPS) is 10.9. The van der Waals surface area contributed by atoms with E-state index in [4.69, 9.17) is 28.3 Å². The molecule has 6 radical (unpaired) electrons. The van der Waals surface area contributed by atoms with Crippen molar-refractivity contribution >= 4 is 52.7 Å². The largest absolute Gasteiger partial charge is 0.494 e. The van der Waals surface area contributed by atoms with Gasteiger partial charge in [-0.05, 0) is 12.1 Å². The fourth-order valence-corrected chi connectivity index (χ4v) is 2.87. The number of rotatable bonds is 7. The smallest absolute Gasteiger partial charge is 0.412 e. The molecule has 33 heavy (non-hydrogen) atoms. The third kappa shape index (κ3) is 5.85. The number of hydrogen-bond acceptors (Lipinski definition) is 8. The second-order valence-corrected chi connectivity index (χ2v) is 6.87. The van der Waals surface area contributed by atoms with Crippen molar-refractivity contribution in [3.05, 3.63) is 42.4 Å². The van der Waals surface area contributed by atoms with Crippen LogP contribution in [-0.4, -0.2) is 74.7 Å². The summed E-state index contributed by atoms with van der Waals surface area (Å²) in [7, 11) is 20.9. The number of nitrogens with zero attached hydrogens (tertiary/aromatic N) is 4. The molecule has 2 heterocycles. The van der Waals surface area contributed by atoms with Crippen LogP contribution in [0, 0.1) is 0 Å². The third-order valence-corrected chi connectivity index (χ3v) is 4.22. The number of ether oxygens (including phenoxy) is 2. The second-order valence-electron chi connectivity index (χ2n) is 6.87. The Morgan fingerprint density at radius 3 is 2.48 bits per heavy atom. The van der Waals surface area contributed by atoms with E-state index >= 15 is 0 Å². The van der Waals surface area contributed by atoms with Crippen molar-refractivity contribution in [3.63, 3.8) is 0 Å². The summed E-state index contributed by atoms with van der Waals surface area (Å²) in [6.45, 7) is 0. The Hall–Kier alpha value is -3.96. The fourth-order valence-electron chi connectivity index (χ4n) is 2.87. The summed E-state index contributed by atoms with van der Waals surface area (Å²) in [5.74, 6) is 0.267. The molecule has 3 rings (SSSR count). The number of anilines is 3. The predicted molar refractivity (Wildman–Crippen MR) is 124 cm³/mol. The van der Waals surface area contributed by atoms with Gasteiger partial charge in [-0.3, -0.25) is 14.8 Å². The number of carbonyl (C=O) groups is 2. The first-order chi connectivity index (χ1) is 15.6. The van der Waals surface area contributed by atoms with E-state index in [1.54, 1.807) is 36.3 Å². The Balaban J connectivity index is 2.06. The zero-order valence-electron chi connectivity index (χ0n) is 18.1. The molecular formula is C19H18B3N7O4. The van der Waals surface area contributed by atoms with Gasteiger partial charge in [0.1, 0.15) is 12.1 Å². The lowest BCUT2D eigenvalue weighted by Gasteiger charge is -2.23. The lowest BCUT2D eigenvalue weighted by atomic mass is 9.49. The third-order valence-electron chi connectivity index (χ3n) is 4.22. The molecular weight excluding hydrogens is 423 g/mol. The van der Waals surface area contributed by atoms with Crippen LogP contribution in [0.3, 0.4) is 0 Å². The Kier molecular flexibility index (Phi) is 6.95. The van der Waals surface area contributed by atoms with Gasteiger partial charge in [-0.2, -0.15) is 5.10 Å². The van der Waals surface area contributed by atoms with Gasteiger partial charge in [0.05, 0.1) is 60.3 Å². The number of aryl methyl sites for hydroxylation is 1. The highest BCUT2D eigenvalue weighted by molar-refractivity contribution is 6.60. The molecule has 0 fully saturated rings. The van der Waals surface area contributed by atoms with Crippen molar-refractivity contribution in [3.8, 4) is 17.1 Å². The molecule has 3 aromatic rings. The Morgan fingerprint density at radius 1 is 1.12 bits per heavy atom. The molecule has 0 aliphatic heterocycles. The van der Waals surface area contributed by atoms with E-state index in [9.17, 15) is 9.59 Å². The number of carbonyl (C=O) groups excluding carboxylic acids is 2. The van der Waals surface area contributed by atoms with E-state index < -0.39 is 17.2 Å². The van der Waals surface area contributed by atoms with Gasteiger partial charge in [-0.15, -0.1) is 0 Å². The summed E-state index contributed by atoms with van der Waals surface area (Å²) in [5.41, 5.74) is 1.37. The van der Waals surface area contributed by atoms with Gasteiger partial charge in [0.2, 0.25) is 0 Å². The van der Waals surface area contributed by atoms with Gasteiger partial charge in [0.15, 0.2) is 11.6 Å². The maximum Gasteiger partial charge on any atom is 0.412 e. The number of nitrogens with one attached hydrogen (secondary N) is 3. The quantitative estimate of drug-likeness (QED) is 0.456. The molecule has 2 aromatic heterocycles. The molecule has 11 nitrogen and oxygen atoms in total. The van der Waals surface area contributed by atoms with E-state index in [-0.39, 0.29) is 17.1 Å². The molecule has 3 N–H and O–H groups in total. The number of methoxy groups -OCH3 is 2. The van der Waals surface area contributed by atoms with Crippen molar-refractivity contribution in [2.45, 2.75) is 5.24 Å². The standard InChI is InChI=1S/C19H18B3N7O4/c1-29-9-24-16(28-29)10-5-4-6-12(15(10)32-2)25-13-7-14(26-18(31)33-3)23-8-11(13)17(30)27-19(20,21)22/h4-9H,1-3H3,(H,27,30)(H2,23,25,26,31). The van der Waals surface area contributed by atoms with Crippen molar-refractivity contribution in [1.29, 1.82) is 0 Å². The van der Waals surface area contributed by atoms with Crippen LogP contribution in [0.25, 0.3) is 11.4 Å². The second kappa shape index (κ2) is 9.68. The van der Waals surface area contributed by atoms with Crippen molar-refractivity contribution < 1.29 is 19.1 Å². The lowest BCUT2D eigenvalue weighted by Crippen LogP contribution is -2.50. The zero-order valence-corrected chi connectivity index (χ0v) is 18.1. The SMILES string of the molecule is [B]C([B])([B])NC(=O)c1cnc(NC(=O)OC)cc1Nc1cccc(-c2ncn(C)n2)c1OC. The summed E-state index contributed by atoms with van der Waals surface area (Å²) in [4.78, 5) is 32.6. The number of pyridine rings is 1. The van der Waals surface area contributed by atoms with Gasteiger partial charge < -0.3 is 20.1 Å². The number of hydrogen-bond donors (Lipinski definition) is 3. The minimum absolute atomic E-state index is 0.0413.